The molecule has 0 aromatic heterocycles. The van der Waals surface area contributed by atoms with Crippen molar-refractivity contribution in [3.05, 3.63) is 58.1 Å². The lowest BCUT2D eigenvalue weighted by Crippen LogP contribution is -2.29. The van der Waals surface area contributed by atoms with Gasteiger partial charge in [0.15, 0.2) is 0 Å². The van der Waals surface area contributed by atoms with Crippen molar-refractivity contribution in [2.45, 2.75) is 72.5 Å². The summed E-state index contributed by atoms with van der Waals surface area (Å²) in [4.78, 5) is 0. The molecule has 2 rings (SSSR count). The van der Waals surface area contributed by atoms with Crippen molar-refractivity contribution >= 4 is 7.85 Å². The molecule has 0 bridgehead atoms. The van der Waals surface area contributed by atoms with Gasteiger partial charge in [0.05, 0.1) is 7.85 Å². The molecule has 2 radical (unpaired) electrons. The molecule has 0 unspecified atom stereocenters. The maximum absolute atomic E-state index is 6.97. The molecule has 0 saturated heterocycles. The van der Waals surface area contributed by atoms with E-state index in [1.807, 2.05) is 0 Å². The van der Waals surface area contributed by atoms with Crippen LogP contribution in [0.2, 0.25) is 0 Å². The molecule has 0 spiro atoms. The Bertz CT molecular complexity index is 663. The van der Waals surface area contributed by atoms with Crippen molar-refractivity contribution < 1.29 is 0 Å². The van der Waals surface area contributed by atoms with E-state index in [2.05, 4.69) is 71.9 Å². The second-order valence-corrected chi connectivity index (χ2v) is 7.27. The second-order valence-electron chi connectivity index (χ2n) is 7.27. The van der Waals surface area contributed by atoms with Crippen LogP contribution in [0.15, 0.2) is 30.3 Å². The third kappa shape index (κ3) is 3.32. The van der Waals surface area contributed by atoms with E-state index in [1.54, 1.807) is 0 Å². The largest absolute Gasteiger partial charge is 0.0810 e. The van der Waals surface area contributed by atoms with Gasteiger partial charge in [-0.05, 0) is 72.0 Å². The van der Waals surface area contributed by atoms with Crippen LogP contribution in [0.25, 0.3) is 11.1 Å². The van der Waals surface area contributed by atoms with Gasteiger partial charge in [-0.1, -0.05) is 69.9 Å². The number of benzene rings is 2. The fourth-order valence-electron chi connectivity index (χ4n) is 4.36. The highest BCUT2D eigenvalue weighted by molar-refractivity contribution is 6.16. The zero-order valence-electron chi connectivity index (χ0n) is 16.3. The fraction of sp³-hybridized carbons (Fsp3) is 0.478. The summed E-state index contributed by atoms with van der Waals surface area (Å²) >= 11 is 0. The van der Waals surface area contributed by atoms with Crippen LogP contribution in [0, 0.1) is 27.7 Å². The van der Waals surface area contributed by atoms with Crippen molar-refractivity contribution in [3.63, 3.8) is 0 Å². The highest BCUT2D eigenvalue weighted by Gasteiger charge is 2.30. The minimum atomic E-state index is -0.206. The first kappa shape index (κ1) is 18.8. The van der Waals surface area contributed by atoms with E-state index >= 15 is 0 Å². The summed E-state index contributed by atoms with van der Waals surface area (Å²) in [5, 5.41) is -0.206. The SMILES string of the molecule is [B]C(CCC)(CCC)c1c(C)c(C)c(-c2ccccc2)c(C)c1C. The maximum atomic E-state index is 6.97. The molecule has 0 aliphatic heterocycles. The van der Waals surface area contributed by atoms with E-state index in [0.717, 1.165) is 25.7 Å². The standard InChI is InChI=1S/C23H31B/c1-7-14-23(24,15-8-2)22-18(5)16(3)21(17(4)19(22)6)20-12-10-9-11-13-20/h9-13H,7-8,14-15H2,1-6H3. The van der Waals surface area contributed by atoms with Crippen molar-refractivity contribution in [2.75, 3.05) is 0 Å². The molecule has 0 nitrogen and oxygen atoms in total. The molecule has 0 aliphatic carbocycles. The van der Waals surface area contributed by atoms with E-state index in [4.69, 9.17) is 7.85 Å². The summed E-state index contributed by atoms with van der Waals surface area (Å²) < 4.78 is 0. The Kier molecular flexibility index (Phi) is 5.96. The molecule has 0 amide bonds. The molecule has 2 aromatic carbocycles. The van der Waals surface area contributed by atoms with Crippen LogP contribution in [-0.4, -0.2) is 7.85 Å². The van der Waals surface area contributed by atoms with E-state index in [1.165, 1.54) is 38.9 Å². The van der Waals surface area contributed by atoms with Crippen molar-refractivity contribution in [3.8, 4) is 11.1 Å². The third-order valence-electron chi connectivity index (χ3n) is 5.58. The summed E-state index contributed by atoms with van der Waals surface area (Å²) in [6.45, 7) is 13.5. The van der Waals surface area contributed by atoms with Gasteiger partial charge in [-0.15, -0.1) is 0 Å². The summed E-state index contributed by atoms with van der Waals surface area (Å²) in [5.41, 5.74) is 9.58. The zero-order valence-corrected chi connectivity index (χ0v) is 16.3. The van der Waals surface area contributed by atoms with Gasteiger partial charge >= 0.3 is 0 Å². The van der Waals surface area contributed by atoms with Gasteiger partial charge in [-0.3, -0.25) is 0 Å². The molecule has 1 heteroatoms. The second kappa shape index (κ2) is 7.59. The minimum absolute atomic E-state index is 0.206. The Morgan fingerprint density at radius 2 is 1.21 bits per heavy atom. The highest BCUT2D eigenvalue weighted by Crippen LogP contribution is 2.41. The van der Waals surface area contributed by atoms with Crippen molar-refractivity contribution in [1.29, 1.82) is 0 Å². The van der Waals surface area contributed by atoms with E-state index in [9.17, 15) is 0 Å². The summed E-state index contributed by atoms with van der Waals surface area (Å²) in [7, 11) is 6.97. The van der Waals surface area contributed by atoms with Crippen LogP contribution < -0.4 is 0 Å². The maximum Gasteiger partial charge on any atom is 0.0810 e. The summed E-state index contributed by atoms with van der Waals surface area (Å²) in [6.07, 6.45) is 4.33. The predicted octanol–water partition coefficient (Wildman–Crippen LogP) is 6.55. The van der Waals surface area contributed by atoms with Crippen molar-refractivity contribution in [2.24, 2.45) is 0 Å². The first-order valence-corrected chi connectivity index (χ1v) is 9.32. The number of hydrogen-bond acceptors (Lipinski definition) is 0. The Labute approximate surface area is 150 Å². The molecule has 0 N–H and O–H groups in total. The van der Waals surface area contributed by atoms with Gasteiger partial charge in [-0.2, -0.15) is 0 Å². The smallest absolute Gasteiger partial charge is 0.0654 e. The Balaban J connectivity index is 2.74. The van der Waals surface area contributed by atoms with Crippen LogP contribution in [-0.2, 0) is 5.31 Å². The van der Waals surface area contributed by atoms with Crippen LogP contribution in [0.4, 0.5) is 0 Å². The Hall–Kier alpha value is -1.50. The van der Waals surface area contributed by atoms with E-state index in [-0.39, 0.29) is 5.31 Å². The molecule has 2 aromatic rings. The van der Waals surface area contributed by atoms with Gasteiger partial charge in [0.25, 0.3) is 0 Å². The topological polar surface area (TPSA) is 0 Å². The number of rotatable bonds is 6. The van der Waals surface area contributed by atoms with Crippen LogP contribution in [0.3, 0.4) is 0 Å². The molecule has 0 atom stereocenters. The average molecular weight is 318 g/mol. The molecule has 0 heterocycles. The van der Waals surface area contributed by atoms with E-state index < -0.39 is 0 Å². The van der Waals surface area contributed by atoms with E-state index in [0.29, 0.717) is 0 Å². The lowest BCUT2D eigenvalue weighted by molar-refractivity contribution is 0.492. The van der Waals surface area contributed by atoms with Gasteiger partial charge in [0.2, 0.25) is 0 Å². The number of hydrogen-bond donors (Lipinski definition) is 0. The van der Waals surface area contributed by atoms with Gasteiger partial charge in [0, 0.05) is 0 Å². The van der Waals surface area contributed by atoms with Crippen LogP contribution >= 0.6 is 0 Å². The molecule has 0 saturated carbocycles. The fourth-order valence-corrected chi connectivity index (χ4v) is 4.36. The lowest BCUT2D eigenvalue weighted by atomic mass is 9.56. The molecule has 126 valence electrons. The van der Waals surface area contributed by atoms with Gasteiger partial charge in [0.1, 0.15) is 0 Å². The predicted molar refractivity (Wildman–Crippen MR) is 108 cm³/mol. The summed E-state index contributed by atoms with van der Waals surface area (Å²) in [6, 6.07) is 10.7. The first-order chi connectivity index (χ1) is 11.4. The highest BCUT2D eigenvalue weighted by atomic mass is 14.3. The van der Waals surface area contributed by atoms with Gasteiger partial charge in [-0.25, -0.2) is 0 Å². The normalized spacial score (nSPS) is 11.8. The summed E-state index contributed by atoms with van der Waals surface area (Å²) in [5.74, 6) is 0. The monoisotopic (exact) mass is 318 g/mol. The van der Waals surface area contributed by atoms with Gasteiger partial charge < -0.3 is 0 Å². The molecule has 0 aliphatic rings. The minimum Gasteiger partial charge on any atom is -0.0654 e. The lowest BCUT2D eigenvalue weighted by Gasteiger charge is -2.36. The molecular formula is C23H31B. The van der Waals surface area contributed by atoms with Crippen LogP contribution in [0.5, 0.6) is 0 Å². The van der Waals surface area contributed by atoms with Crippen molar-refractivity contribution in [1.82, 2.24) is 0 Å². The average Bonchev–Trinajstić information content (AvgIpc) is 2.55. The van der Waals surface area contributed by atoms with Crippen LogP contribution in [0.1, 0.15) is 67.3 Å². The molecule has 24 heavy (non-hydrogen) atoms. The third-order valence-corrected chi connectivity index (χ3v) is 5.58. The molecule has 0 fully saturated rings. The first-order valence-electron chi connectivity index (χ1n) is 9.32. The molecular weight excluding hydrogens is 287 g/mol. The quantitative estimate of drug-likeness (QED) is 0.530. The zero-order chi connectivity index (χ0) is 17.9. The Morgan fingerprint density at radius 1 is 0.750 bits per heavy atom. The Morgan fingerprint density at radius 3 is 1.62 bits per heavy atom.